The third-order valence-electron chi connectivity index (χ3n) is 5.16. The molecule has 1 aromatic heterocycles. The number of nitrogens with two attached hydrogens (primary N) is 1. The highest BCUT2D eigenvalue weighted by molar-refractivity contribution is 6.09. The second-order valence-corrected chi connectivity index (χ2v) is 8.18. The van der Waals surface area contributed by atoms with Gasteiger partial charge in [0.2, 0.25) is 0 Å². The number of non-ortho nitro benzene ring substituents is 1. The summed E-state index contributed by atoms with van der Waals surface area (Å²) >= 11 is 0. The molecule has 0 aliphatic heterocycles. The molecule has 0 saturated carbocycles. The number of aromatic carboxylic acids is 1. The smallest absolute Gasteiger partial charge is 0.338 e. The Bertz CT molecular complexity index is 1410. The summed E-state index contributed by atoms with van der Waals surface area (Å²) in [7, 11) is 0. The van der Waals surface area contributed by atoms with Crippen LogP contribution in [0.15, 0.2) is 90.3 Å². The lowest BCUT2D eigenvalue weighted by atomic mass is 9.85. The summed E-state index contributed by atoms with van der Waals surface area (Å²) in [4.78, 5) is 53.4. The van der Waals surface area contributed by atoms with Gasteiger partial charge in [-0.25, -0.2) is 14.4 Å². The maximum absolute atomic E-state index is 12.0. The summed E-state index contributed by atoms with van der Waals surface area (Å²) in [6.45, 7) is 1.62. The van der Waals surface area contributed by atoms with E-state index in [0.717, 1.165) is 0 Å². The average Bonchev–Trinajstić information content (AvgIpc) is 3.45. The monoisotopic (exact) mass is 536 g/mol. The summed E-state index contributed by atoms with van der Waals surface area (Å²) in [6.07, 6.45) is 5.18. The number of nitrogens with one attached hydrogen (secondary N) is 1. The van der Waals surface area contributed by atoms with Crippen LogP contribution in [0.4, 0.5) is 5.69 Å². The number of rotatable bonds is 6. The lowest BCUT2D eigenvalue weighted by Crippen LogP contribution is -2.48. The molecule has 1 aliphatic rings. The van der Waals surface area contributed by atoms with E-state index in [-0.39, 0.29) is 29.0 Å². The van der Waals surface area contributed by atoms with Crippen molar-refractivity contribution in [3.63, 3.8) is 0 Å². The Labute approximate surface area is 221 Å². The molecular formula is C26H24N4O9. The number of aromatic amines is 1. The van der Waals surface area contributed by atoms with Crippen molar-refractivity contribution in [1.82, 2.24) is 10.2 Å². The number of nitro benzene ring substituents is 1. The molecule has 0 bridgehead atoms. The van der Waals surface area contributed by atoms with Crippen LogP contribution in [0, 0.1) is 10.1 Å². The van der Waals surface area contributed by atoms with E-state index in [1.807, 2.05) is 6.07 Å². The van der Waals surface area contributed by atoms with Gasteiger partial charge in [0.25, 0.3) is 5.69 Å². The van der Waals surface area contributed by atoms with E-state index in [0.29, 0.717) is 16.7 Å². The Morgan fingerprint density at radius 3 is 1.97 bits per heavy atom. The number of hydrogen-bond acceptors (Lipinski definition) is 8. The van der Waals surface area contributed by atoms with Gasteiger partial charge in [0.15, 0.2) is 5.78 Å². The fraction of sp³-hybridized carbons (Fsp3) is 0.115. The van der Waals surface area contributed by atoms with Crippen LogP contribution in [0.2, 0.25) is 0 Å². The maximum atomic E-state index is 12.0. The Hall–Kier alpha value is -5.43. The molecule has 1 aliphatic carbocycles. The SMILES string of the molecule is CC1=CC(N)(C(=O)O)CC(C(=O)O)=C1.O=C(O)c1cn[nH]c1.O=C(c1ccccc1)c1ccc([N+](=O)[O-])cc1. The summed E-state index contributed by atoms with van der Waals surface area (Å²) in [6, 6.07) is 14.4. The van der Waals surface area contributed by atoms with Crippen molar-refractivity contribution in [1.29, 1.82) is 0 Å². The van der Waals surface area contributed by atoms with E-state index >= 15 is 0 Å². The normalized spacial score (nSPS) is 15.6. The third kappa shape index (κ3) is 8.58. The molecular weight excluding hydrogens is 512 g/mol. The number of nitro groups is 1. The fourth-order valence-electron chi connectivity index (χ4n) is 3.27. The maximum Gasteiger partial charge on any atom is 0.338 e. The molecule has 0 spiro atoms. The molecule has 2 aromatic carbocycles. The molecule has 202 valence electrons. The van der Waals surface area contributed by atoms with Crippen molar-refractivity contribution >= 4 is 29.4 Å². The third-order valence-corrected chi connectivity index (χ3v) is 5.16. The lowest BCUT2D eigenvalue weighted by molar-refractivity contribution is -0.384. The second kappa shape index (κ2) is 13.2. The number of aliphatic carboxylic acids is 2. The summed E-state index contributed by atoms with van der Waals surface area (Å²) in [5.41, 5.74) is 5.71. The van der Waals surface area contributed by atoms with Gasteiger partial charge in [-0.1, -0.05) is 42.0 Å². The first kappa shape index (κ1) is 29.8. The number of benzene rings is 2. The first-order chi connectivity index (χ1) is 18.3. The van der Waals surface area contributed by atoms with Gasteiger partial charge in [0.05, 0.1) is 16.7 Å². The van der Waals surface area contributed by atoms with E-state index in [4.69, 9.17) is 21.1 Å². The minimum atomic E-state index is -1.59. The zero-order valence-electron chi connectivity index (χ0n) is 20.5. The number of carboxylic acids is 3. The van der Waals surface area contributed by atoms with E-state index < -0.39 is 28.4 Å². The average molecular weight is 536 g/mol. The van der Waals surface area contributed by atoms with Gasteiger partial charge in [0.1, 0.15) is 5.54 Å². The minimum absolute atomic E-state index is 0.0189. The summed E-state index contributed by atoms with van der Waals surface area (Å²) in [5.74, 6) is -3.45. The molecule has 13 nitrogen and oxygen atoms in total. The second-order valence-electron chi connectivity index (χ2n) is 8.18. The molecule has 0 amide bonds. The summed E-state index contributed by atoms with van der Waals surface area (Å²) in [5, 5.41) is 42.1. The van der Waals surface area contributed by atoms with Crippen molar-refractivity contribution in [3.05, 3.63) is 117 Å². The molecule has 6 N–H and O–H groups in total. The number of hydrogen-bond donors (Lipinski definition) is 5. The quantitative estimate of drug-likeness (QED) is 0.175. The Balaban J connectivity index is 0.000000218. The number of nitrogens with zero attached hydrogens (tertiary/aromatic N) is 2. The molecule has 0 fully saturated rings. The lowest BCUT2D eigenvalue weighted by Gasteiger charge is -2.25. The molecule has 39 heavy (non-hydrogen) atoms. The highest BCUT2D eigenvalue weighted by atomic mass is 16.6. The first-order valence-corrected chi connectivity index (χ1v) is 11.1. The van der Waals surface area contributed by atoms with Crippen LogP contribution >= 0.6 is 0 Å². The van der Waals surface area contributed by atoms with Crippen LogP contribution in [0.3, 0.4) is 0 Å². The highest BCUT2D eigenvalue weighted by Crippen LogP contribution is 2.25. The fourth-order valence-corrected chi connectivity index (χ4v) is 3.27. The standard InChI is InChI=1S/C13H9NO3.C9H11NO4.C4H4N2O2/c15-13(10-4-2-1-3-5-10)11-6-8-12(9-7-11)14(16)17;1-5-2-6(7(11)12)4-9(10,3-5)8(13)14;7-4(8)3-1-5-6-2-3/h1-9H;2-3H,4,10H2,1H3,(H,11,12)(H,13,14);1-2H,(H,5,6)(H,7,8). The minimum Gasteiger partial charge on any atom is -0.480 e. The molecule has 1 heterocycles. The Kier molecular flexibility index (Phi) is 10.1. The topological polar surface area (TPSA) is 227 Å². The van der Waals surface area contributed by atoms with Crippen molar-refractivity contribution in [2.45, 2.75) is 18.9 Å². The highest BCUT2D eigenvalue weighted by Gasteiger charge is 2.36. The van der Waals surface area contributed by atoms with E-state index in [2.05, 4.69) is 10.2 Å². The van der Waals surface area contributed by atoms with Gasteiger partial charge in [0, 0.05) is 41.5 Å². The van der Waals surface area contributed by atoms with E-state index in [9.17, 15) is 29.3 Å². The molecule has 4 rings (SSSR count). The molecule has 1 unspecified atom stereocenters. The zero-order valence-corrected chi connectivity index (χ0v) is 20.5. The van der Waals surface area contributed by atoms with Crippen LogP contribution < -0.4 is 5.73 Å². The van der Waals surface area contributed by atoms with Gasteiger partial charge >= 0.3 is 17.9 Å². The van der Waals surface area contributed by atoms with Crippen LogP contribution in [0.5, 0.6) is 0 Å². The number of allylic oxidation sites excluding steroid dienone is 2. The number of carbonyl (C=O) groups excluding carboxylic acids is 1. The first-order valence-electron chi connectivity index (χ1n) is 11.1. The van der Waals surface area contributed by atoms with Gasteiger partial charge in [-0.2, -0.15) is 5.10 Å². The van der Waals surface area contributed by atoms with Gasteiger partial charge in [-0.15, -0.1) is 0 Å². The number of carbonyl (C=O) groups is 4. The van der Waals surface area contributed by atoms with Crippen LogP contribution in [0.1, 0.15) is 39.6 Å². The Morgan fingerprint density at radius 2 is 1.54 bits per heavy atom. The summed E-state index contributed by atoms with van der Waals surface area (Å²) < 4.78 is 0. The van der Waals surface area contributed by atoms with E-state index in [1.165, 1.54) is 48.8 Å². The number of H-pyrrole nitrogens is 1. The van der Waals surface area contributed by atoms with Gasteiger partial charge < -0.3 is 21.1 Å². The van der Waals surface area contributed by atoms with Gasteiger partial charge in [-0.3, -0.25) is 20.0 Å². The van der Waals surface area contributed by atoms with E-state index in [1.54, 1.807) is 31.2 Å². The van der Waals surface area contributed by atoms with Crippen LogP contribution in [0.25, 0.3) is 0 Å². The predicted octanol–water partition coefficient (Wildman–Crippen LogP) is 3.06. The Morgan fingerprint density at radius 1 is 0.949 bits per heavy atom. The zero-order chi connectivity index (χ0) is 29.2. The number of ketones is 1. The van der Waals surface area contributed by atoms with Crippen molar-refractivity contribution in [3.8, 4) is 0 Å². The number of aromatic nitrogens is 2. The predicted molar refractivity (Wildman–Crippen MR) is 137 cm³/mol. The largest absolute Gasteiger partial charge is 0.480 e. The molecule has 3 aromatic rings. The van der Waals surface area contributed by atoms with Gasteiger partial charge in [-0.05, 0) is 25.1 Å². The van der Waals surface area contributed by atoms with Crippen LogP contribution in [-0.2, 0) is 9.59 Å². The molecule has 13 heteroatoms. The molecule has 0 radical (unpaired) electrons. The number of carboxylic acid groups (broad SMARTS) is 3. The molecule has 0 saturated heterocycles. The van der Waals surface area contributed by atoms with Crippen molar-refractivity contribution < 1.29 is 39.4 Å². The van der Waals surface area contributed by atoms with Crippen molar-refractivity contribution in [2.24, 2.45) is 5.73 Å². The van der Waals surface area contributed by atoms with Crippen LogP contribution in [-0.4, -0.2) is 59.7 Å². The van der Waals surface area contributed by atoms with Crippen molar-refractivity contribution in [2.75, 3.05) is 0 Å². The molecule has 1 atom stereocenters.